The Bertz CT molecular complexity index is 605. The first-order chi connectivity index (χ1) is 10.4. The summed E-state index contributed by atoms with van der Waals surface area (Å²) in [7, 11) is -2.84. The van der Waals surface area contributed by atoms with Gasteiger partial charge in [0.1, 0.15) is 12.9 Å². The molecule has 1 fully saturated rings. The van der Waals surface area contributed by atoms with Gasteiger partial charge in [-0.15, -0.1) is 0 Å². The molecule has 6 nitrogen and oxygen atoms in total. The molecule has 0 aromatic heterocycles. The van der Waals surface area contributed by atoms with Crippen molar-refractivity contribution in [2.45, 2.75) is 38.0 Å². The molecule has 0 radical (unpaired) electrons. The fraction of sp³-hybridized carbons (Fsp3) is 0.571. The first-order valence-corrected chi connectivity index (χ1v) is 8.74. The minimum absolute atomic E-state index is 0.00971. The average molecular weight is 350 g/mol. The van der Waals surface area contributed by atoms with Crippen LogP contribution in [0.4, 0.5) is 0 Å². The molecule has 0 heterocycles. The molecule has 22 heavy (non-hydrogen) atoms. The SMILES string of the molecule is COCO[C@H](c1ccccc1Cl)[C@@H](C)N(C1CC1)S(=O)(=O)O. The van der Waals surface area contributed by atoms with Gasteiger partial charge in [0.25, 0.3) is 0 Å². The highest BCUT2D eigenvalue weighted by Gasteiger charge is 2.43. The Balaban J connectivity index is 2.33. The van der Waals surface area contributed by atoms with Crippen molar-refractivity contribution < 1.29 is 22.4 Å². The number of methoxy groups -OCH3 is 1. The first kappa shape index (κ1) is 17.7. The Hall–Kier alpha value is -0.700. The summed E-state index contributed by atoms with van der Waals surface area (Å²) in [5.74, 6) is 0. The molecule has 0 bridgehead atoms. The van der Waals surface area contributed by atoms with E-state index < -0.39 is 22.4 Å². The highest BCUT2D eigenvalue weighted by atomic mass is 35.5. The smallest absolute Gasteiger partial charge is 0.336 e. The molecule has 1 aliphatic rings. The van der Waals surface area contributed by atoms with Crippen LogP contribution in [0, 0.1) is 0 Å². The van der Waals surface area contributed by atoms with Gasteiger partial charge in [0.2, 0.25) is 0 Å². The minimum Gasteiger partial charge on any atom is -0.359 e. The van der Waals surface area contributed by atoms with Crippen LogP contribution in [0.5, 0.6) is 0 Å². The summed E-state index contributed by atoms with van der Waals surface area (Å²) in [6, 6.07) is 6.26. The standard InChI is InChI=1S/C14H20ClNO5S/c1-10(16(11-7-8-11)22(17,18)19)14(21-9-20-2)12-5-3-4-6-13(12)15/h3-6,10-11,14H,7-9H2,1-2H3,(H,17,18,19)/t10-,14+/m1/s1. The summed E-state index contributed by atoms with van der Waals surface area (Å²) < 4.78 is 44.6. The summed E-state index contributed by atoms with van der Waals surface area (Å²) in [6.45, 7) is 1.68. The van der Waals surface area contributed by atoms with E-state index in [4.69, 9.17) is 21.1 Å². The van der Waals surface area contributed by atoms with Gasteiger partial charge in [0.05, 0.1) is 6.04 Å². The third-order valence-corrected chi connectivity index (χ3v) is 5.10. The summed E-state index contributed by atoms with van der Waals surface area (Å²) >= 11 is 6.20. The summed E-state index contributed by atoms with van der Waals surface area (Å²) in [4.78, 5) is 0. The maximum Gasteiger partial charge on any atom is 0.336 e. The second-order valence-corrected chi connectivity index (χ2v) is 7.02. The third-order valence-electron chi connectivity index (χ3n) is 3.59. The highest BCUT2D eigenvalue weighted by molar-refractivity contribution is 7.83. The van der Waals surface area contributed by atoms with Crippen LogP contribution in [-0.2, 0) is 19.8 Å². The van der Waals surface area contributed by atoms with Crippen LogP contribution in [0.3, 0.4) is 0 Å². The zero-order valence-corrected chi connectivity index (χ0v) is 14.0. The Morgan fingerprint density at radius 2 is 2.05 bits per heavy atom. The molecule has 1 saturated carbocycles. The molecule has 1 aliphatic carbocycles. The molecule has 0 saturated heterocycles. The third kappa shape index (κ3) is 4.18. The largest absolute Gasteiger partial charge is 0.359 e. The van der Waals surface area contributed by atoms with E-state index in [1.807, 2.05) is 0 Å². The van der Waals surface area contributed by atoms with E-state index in [1.54, 1.807) is 31.2 Å². The fourth-order valence-electron chi connectivity index (χ4n) is 2.53. The van der Waals surface area contributed by atoms with Crippen LogP contribution in [0.1, 0.15) is 31.4 Å². The van der Waals surface area contributed by atoms with Gasteiger partial charge in [0.15, 0.2) is 0 Å². The van der Waals surface area contributed by atoms with Crippen molar-refractivity contribution in [3.05, 3.63) is 34.9 Å². The van der Waals surface area contributed by atoms with E-state index in [2.05, 4.69) is 0 Å². The van der Waals surface area contributed by atoms with Crippen molar-refractivity contribution >= 4 is 21.9 Å². The van der Waals surface area contributed by atoms with Crippen LogP contribution < -0.4 is 0 Å². The molecule has 1 aromatic rings. The van der Waals surface area contributed by atoms with Gasteiger partial charge in [-0.1, -0.05) is 29.8 Å². The quantitative estimate of drug-likeness (QED) is 0.576. The first-order valence-electron chi connectivity index (χ1n) is 6.97. The Kier molecular flexibility index (Phi) is 5.81. The minimum atomic E-state index is -4.32. The van der Waals surface area contributed by atoms with Crippen molar-refractivity contribution in [1.82, 2.24) is 4.31 Å². The zero-order valence-electron chi connectivity index (χ0n) is 12.5. The van der Waals surface area contributed by atoms with Gasteiger partial charge in [0, 0.05) is 23.7 Å². The molecule has 0 aliphatic heterocycles. The zero-order chi connectivity index (χ0) is 16.3. The van der Waals surface area contributed by atoms with Gasteiger partial charge < -0.3 is 9.47 Å². The monoisotopic (exact) mass is 349 g/mol. The topological polar surface area (TPSA) is 76.1 Å². The predicted octanol–water partition coefficient (Wildman–Crippen LogP) is 2.66. The average Bonchev–Trinajstić information content (AvgIpc) is 3.24. The van der Waals surface area contributed by atoms with Crippen LogP contribution in [-0.4, -0.2) is 43.3 Å². The van der Waals surface area contributed by atoms with Gasteiger partial charge in [-0.05, 0) is 25.8 Å². The highest BCUT2D eigenvalue weighted by Crippen LogP contribution is 2.37. The van der Waals surface area contributed by atoms with Crippen molar-refractivity contribution in [1.29, 1.82) is 0 Å². The number of rotatable bonds is 8. The number of hydrogen-bond donors (Lipinski definition) is 1. The number of nitrogens with zero attached hydrogens (tertiary/aromatic N) is 1. The maximum absolute atomic E-state index is 11.7. The number of ether oxygens (including phenoxy) is 2. The van der Waals surface area contributed by atoms with Crippen LogP contribution in [0.25, 0.3) is 0 Å². The number of hydrogen-bond acceptors (Lipinski definition) is 4. The van der Waals surface area contributed by atoms with Crippen molar-refractivity contribution in [3.8, 4) is 0 Å². The van der Waals surface area contributed by atoms with Crippen molar-refractivity contribution in [3.63, 3.8) is 0 Å². The van der Waals surface area contributed by atoms with E-state index in [0.717, 1.165) is 17.1 Å². The molecule has 0 spiro atoms. The van der Waals surface area contributed by atoms with E-state index in [1.165, 1.54) is 7.11 Å². The van der Waals surface area contributed by atoms with Gasteiger partial charge in [-0.25, -0.2) is 0 Å². The van der Waals surface area contributed by atoms with Crippen LogP contribution in [0.2, 0.25) is 5.02 Å². The predicted molar refractivity (Wildman–Crippen MR) is 83.0 cm³/mol. The van der Waals surface area contributed by atoms with E-state index in [0.29, 0.717) is 10.6 Å². The van der Waals surface area contributed by atoms with Gasteiger partial charge in [-0.2, -0.15) is 12.7 Å². The number of halogens is 1. The van der Waals surface area contributed by atoms with Crippen molar-refractivity contribution in [2.24, 2.45) is 0 Å². The normalized spacial score (nSPS) is 18.4. The molecule has 2 rings (SSSR count). The second kappa shape index (κ2) is 7.25. The molecule has 1 aromatic carbocycles. The maximum atomic E-state index is 11.7. The molecular weight excluding hydrogens is 330 g/mol. The van der Waals surface area contributed by atoms with E-state index >= 15 is 0 Å². The lowest BCUT2D eigenvalue weighted by molar-refractivity contribution is -0.0923. The second-order valence-electron chi connectivity index (χ2n) is 5.29. The fourth-order valence-corrected chi connectivity index (χ4v) is 3.89. The molecule has 1 N–H and O–H groups in total. The van der Waals surface area contributed by atoms with Gasteiger partial charge >= 0.3 is 10.3 Å². The van der Waals surface area contributed by atoms with Crippen LogP contribution >= 0.6 is 11.6 Å². The Labute approximate surface area is 135 Å². The molecule has 0 unspecified atom stereocenters. The lowest BCUT2D eigenvalue weighted by Gasteiger charge is -2.32. The lowest BCUT2D eigenvalue weighted by Crippen LogP contribution is -2.44. The van der Waals surface area contributed by atoms with Crippen LogP contribution in [0.15, 0.2) is 24.3 Å². The van der Waals surface area contributed by atoms with Crippen molar-refractivity contribution in [2.75, 3.05) is 13.9 Å². The summed E-state index contributed by atoms with van der Waals surface area (Å²) in [5.41, 5.74) is 0.656. The van der Waals surface area contributed by atoms with E-state index in [9.17, 15) is 13.0 Å². The summed E-state index contributed by atoms with van der Waals surface area (Å²) in [6.07, 6.45) is 0.809. The van der Waals surface area contributed by atoms with Gasteiger partial charge in [-0.3, -0.25) is 4.55 Å². The Morgan fingerprint density at radius 3 is 2.55 bits per heavy atom. The molecule has 0 amide bonds. The molecule has 2 atom stereocenters. The molecular formula is C14H20ClNO5S. The number of benzene rings is 1. The molecule has 8 heteroatoms. The summed E-state index contributed by atoms with van der Waals surface area (Å²) in [5, 5.41) is 0.474. The Morgan fingerprint density at radius 1 is 1.41 bits per heavy atom. The van der Waals surface area contributed by atoms with E-state index in [-0.39, 0.29) is 12.8 Å². The lowest BCUT2D eigenvalue weighted by atomic mass is 10.0. The molecule has 124 valence electrons.